The van der Waals surface area contributed by atoms with Crippen molar-refractivity contribution in [3.8, 4) is 0 Å². The van der Waals surface area contributed by atoms with Crippen LogP contribution in [0.4, 0.5) is 0 Å². The summed E-state index contributed by atoms with van der Waals surface area (Å²) in [5.41, 5.74) is 0. The van der Waals surface area contributed by atoms with Crippen LogP contribution in [0.3, 0.4) is 0 Å². The number of carboxylic acids is 1. The third-order valence-corrected chi connectivity index (χ3v) is 2.00. The molecule has 8 heteroatoms. The molecule has 1 unspecified atom stereocenters. The summed E-state index contributed by atoms with van der Waals surface area (Å²) < 4.78 is 8.78. The zero-order valence-electron chi connectivity index (χ0n) is 7.39. The van der Waals surface area contributed by atoms with Crippen molar-refractivity contribution >= 4 is 12.4 Å². The molecule has 8 nitrogen and oxygen atoms in total. The minimum absolute atomic E-state index is 0.0583. The molecule has 0 aliphatic carbocycles. The summed E-state index contributed by atoms with van der Waals surface area (Å²) in [7, 11) is 0. The van der Waals surface area contributed by atoms with Crippen molar-refractivity contribution in [1.82, 2.24) is 0 Å². The third kappa shape index (κ3) is 2.23. The number of hydrogen-bond acceptors (Lipinski definition) is 7. The topological polar surface area (TPSA) is 134 Å². The smallest absolute Gasteiger partial charge is 0.335 e. The van der Waals surface area contributed by atoms with Crippen LogP contribution < -0.4 is 0 Å². The van der Waals surface area contributed by atoms with E-state index in [0.717, 1.165) is 0 Å². The molecule has 0 radical (unpaired) electrons. The lowest BCUT2D eigenvalue weighted by Crippen LogP contribution is -2.60. The Morgan fingerprint density at radius 1 is 1.20 bits per heavy atom. The van der Waals surface area contributed by atoms with Gasteiger partial charge in [0.05, 0.1) is 0 Å². The Labute approximate surface area is 83.7 Å². The largest absolute Gasteiger partial charge is 0.479 e. The van der Waals surface area contributed by atoms with Crippen molar-refractivity contribution in [2.24, 2.45) is 0 Å². The number of carbonyl (C=O) groups excluding carboxylic acids is 1. The summed E-state index contributed by atoms with van der Waals surface area (Å²) >= 11 is 0. The van der Waals surface area contributed by atoms with Gasteiger partial charge in [0.15, 0.2) is 6.10 Å². The Kier molecular flexibility index (Phi) is 3.58. The van der Waals surface area contributed by atoms with Crippen LogP contribution in [0.1, 0.15) is 0 Å². The van der Waals surface area contributed by atoms with Gasteiger partial charge in [-0.1, -0.05) is 0 Å². The Bertz CT molecular complexity index is 253. The number of ether oxygens (including phenoxy) is 2. The summed E-state index contributed by atoms with van der Waals surface area (Å²) in [4.78, 5) is 20.5. The van der Waals surface area contributed by atoms with E-state index in [1.54, 1.807) is 0 Å². The van der Waals surface area contributed by atoms with Crippen LogP contribution in [0.25, 0.3) is 0 Å². The van der Waals surface area contributed by atoms with Crippen molar-refractivity contribution in [3.63, 3.8) is 0 Å². The Hall–Kier alpha value is -1.22. The van der Waals surface area contributed by atoms with Gasteiger partial charge in [-0.25, -0.2) is 4.79 Å². The fourth-order valence-corrected chi connectivity index (χ4v) is 1.22. The predicted octanol–water partition coefficient (Wildman–Crippen LogP) is -2.95. The summed E-state index contributed by atoms with van der Waals surface area (Å²) in [5, 5.41) is 36.2. The number of carbonyl (C=O) groups is 2. The van der Waals surface area contributed by atoms with E-state index in [2.05, 4.69) is 9.47 Å². The van der Waals surface area contributed by atoms with Gasteiger partial charge in [0.25, 0.3) is 6.47 Å². The zero-order chi connectivity index (χ0) is 11.6. The predicted molar refractivity (Wildman–Crippen MR) is 41.5 cm³/mol. The van der Waals surface area contributed by atoms with Gasteiger partial charge in [0.2, 0.25) is 6.29 Å². The summed E-state index contributed by atoms with van der Waals surface area (Å²) in [6.45, 7) is -0.0583. The molecule has 0 aromatic heterocycles. The van der Waals surface area contributed by atoms with E-state index >= 15 is 0 Å². The third-order valence-electron chi connectivity index (χ3n) is 2.00. The average molecular weight is 222 g/mol. The molecule has 5 atom stereocenters. The maximum Gasteiger partial charge on any atom is 0.335 e. The second kappa shape index (κ2) is 4.53. The number of aliphatic carboxylic acids is 1. The number of carboxylic acid groups (broad SMARTS) is 1. The van der Waals surface area contributed by atoms with Crippen LogP contribution in [-0.2, 0) is 19.1 Å². The maximum atomic E-state index is 10.5. The van der Waals surface area contributed by atoms with Gasteiger partial charge in [0.1, 0.15) is 18.3 Å². The SMILES string of the molecule is O=COC1O[C@H](C(=O)O)[C@@H](O)[C@H](O)[C@H]1O. The van der Waals surface area contributed by atoms with E-state index in [1.807, 2.05) is 0 Å². The van der Waals surface area contributed by atoms with E-state index < -0.39 is 36.7 Å². The minimum Gasteiger partial charge on any atom is -0.479 e. The molecule has 1 heterocycles. The standard InChI is InChI=1S/C7H10O8/c8-1-14-7-4(11)2(9)3(10)5(15-7)6(12)13/h1-5,7,9-11H,(H,12,13)/t2-,3-,4+,5-,7?/m0/s1. The first-order valence-corrected chi connectivity index (χ1v) is 4.00. The zero-order valence-corrected chi connectivity index (χ0v) is 7.39. The molecular formula is C7H10O8. The lowest BCUT2D eigenvalue weighted by atomic mass is 9.99. The first-order valence-electron chi connectivity index (χ1n) is 4.00. The highest BCUT2D eigenvalue weighted by atomic mass is 16.7. The quantitative estimate of drug-likeness (QED) is 0.372. The number of rotatable bonds is 3. The first kappa shape index (κ1) is 11.9. The maximum absolute atomic E-state index is 10.5. The molecule has 15 heavy (non-hydrogen) atoms. The molecule has 0 amide bonds. The van der Waals surface area contributed by atoms with Gasteiger partial charge < -0.3 is 29.9 Å². The highest BCUT2D eigenvalue weighted by Gasteiger charge is 2.47. The van der Waals surface area contributed by atoms with Gasteiger partial charge in [-0.2, -0.15) is 0 Å². The summed E-state index contributed by atoms with van der Waals surface area (Å²) in [6.07, 6.45) is -8.61. The van der Waals surface area contributed by atoms with E-state index in [1.165, 1.54) is 0 Å². The van der Waals surface area contributed by atoms with Crippen molar-refractivity contribution < 1.29 is 39.5 Å². The molecule has 4 N–H and O–H groups in total. The van der Waals surface area contributed by atoms with Gasteiger partial charge in [-0.05, 0) is 0 Å². The fourth-order valence-electron chi connectivity index (χ4n) is 1.22. The van der Waals surface area contributed by atoms with Gasteiger partial charge in [-0.15, -0.1) is 0 Å². The van der Waals surface area contributed by atoms with Crippen molar-refractivity contribution in [3.05, 3.63) is 0 Å². The first-order chi connectivity index (χ1) is 6.99. The molecule has 1 aliphatic rings. The van der Waals surface area contributed by atoms with Crippen molar-refractivity contribution in [2.75, 3.05) is 0 Å². The molecule has 86 valence electrons. The lowest BCUT2D eigenvalue weighted by Gasteiger charge is -2.37. The van der Waals surface area contributed by atoms with E-state index in [-0.39, 0.29) is 6.47 Å². The molecular weight excluding hydrogens is 212 g/mol. The summed E-state index contributed by atoms with van der Waals surface area (Å²) in [5.74, 6) is -1.53. The normalized spacial score (nSPS) is 40.9. The van der Waals surface area contributed by atoms with Crippen molar-refractivity contribution in [2.45, 2.75) is 30.7 Å². The van der Waals surface area contributed by atoms with Gasteiger partial charge in [0, 0.05) is 0 Å². The highest BCUT2D eigenvalue weighted by molar-refractivity contribution is 5.73. The molecule has 1 aliphatic heterocycles. The molecule has 0 bridgehead atoms. The highest BCUT2D eigenvalue weighted by Crippen LogP contribution is 2.21. The average Bonchev–Trinajstić information content (AvgIpc) is 2.18. The van der Waals surface area contributed by atoms with Crippen LogP contribution in [-0.4, -0.2) is 63.6 Å². The van der Waals surface area contributed by atoms with Gasteiger partial charge >= 0.3 is 5.97 Å². The number of aliphatic hydroxyl groups excluding tert-OH is 3. The number of aliphatic hydroxyl groups is 3. The Balaban J connectivity index is 2.79. The molecule has 0 spiro atoms. The summed E-state index contributed by atoms with van der Waals surface area (Å²) in [6, 6.07) is 0. The molecule has 0 aromatic carbocycles. The van der Waals surface area contributed by atoms with E-state index in [9.17, 15) is 24.9 Å². The van der Waals surface area contributed by atoms with Crippen LogP contribution in [0, 0.1) is 0 Å². The monoisotopic (exact) mass is 222 g/mol. The second-order valence-electron chi connectivity index (χ2n) is 2.97. The molecule has 1 rings (SSSR count). The van der Waals surface area contributed by atoms with E-state index in [4.69, 9.17) is 5.11 Å². The second-order valence-corrected chi connectivity index (χ2v) is 2.97. The van der Waals surface area contributed by atoms with Gasteiger partial charge in [-0.3, -0.25) is 4.79 Å². The molecule has 0 aromatic rings. The molecule has 1 fully saturated rings. The van der Waals surface area contributed by atoms with Crippen LogP contribution in [0.2, 0.25) is 0 Å². The lowest BCUT2D eigenvalue weighted by molar-refractivity contribution is -0.282. The van der Waals surface area contributed by atoms with Crippen LogP contribution in [0.5, 0.6) is 0 Å². The minimum atomic E-state index is -1.79. The molecule has 0 saturated carbocycles. The van der Waals surface area contributed by atoms with Crippen LogP contribution in [0.15, 0.2) is 0 Å². The Morgan fingerprint density at radius 3 is 2.27 bits per heavy atom. The fraction of sp³-hybridized carbons (Fsp3) is 0.714. The number of hydrogen-bond donors (Lipinski definition) is 4. The Morgan fingerprint density at radius 2 is 1.80 bits per heavy atom. The van der Waals surface area contributed by atoms with Crippen molar-refractivity contribution in [1.29, 1.82) is 0 Å². The van der Waals surface area contributed by atoms with Crippen LogP contribution >= 0.6 is 0 Å². The van der Waals surface area contributed by atoms with E-state index in [0.29, 0.717) is 0 Å². The molecule has 1 saturated heterocycles.